The fourth-order valence-electron chi connectivity index (χ4n) is 1.83. The van der Waals surface area contributed by atoms with Crippen molar-refractivity contribution in [1.29, 1.82) is 0 Å². The monoisotopic (exact) mass is 243 g/mol. The second-order valence-corrected chi connectivity index (χ2v) is 4.00. The van der Waals surface area contributed by atoms with E-state index in [1.165, 1.54) is 0 Å². The molecule has 0 aromatic rings. The Morgan fingerprint density at radius 3 is 2.29 bits per heavy atom. The first-order valence-corrected chi connectivity index (χ1v) is 5.57. The number of carbonyl (C=O) groups is 2. The third kappa shape index (κ3) is 3.81. The Labute approximate surface area is 99.6 Å². The van der Waals surface area contributed by atoms with Crippen LogP contribution in [0.4, 0.5) is 0 Å². The van der Waals surface area contributed by atoms with E-state index in [1.807, 2.05) is 0 Å². The second-order valence-electron chi connectivity index (χ2n) is 4.00. The lowest BCUT2D eigenvalue weighted by Crippen LogP contribution is -2.33. The van der Waals surface area contributed by atoms with Gasteiger partial charge in [0.1, 0.15) is 0 Å². The van der Waals surface area contributed by atoms with E-state index in [4.69, 9.17) is 14.7 Å². The summed E-state index contributed by atoms with van der Waals surface area (Å²) in [5.74, 6) is -2.00. The quantitative estimate of drug-likeness (QED) is 0.442. The molecule has 1 aliphatic rings. The number of hydrogen-bond acceptors (Lipinski definition) is 5. The van der Waals surface area contributed by atoms with E-state index in [2.05, 4.69) is 5.16 Å². The van der Waals surface area contributed by atoms with E-state index in [1.54, 1.807) is 7.11 Å². The number of ether oxygens (including phenoxy) is 1. The molecule has 6 heteroatoms. The number of rotatable bonds is 5. The molecule has 1 saturated carbocycles. The molecule has 0 bridgehead atoms. The highest BCUT2D eigenvalue weighted by Crippen LogP contribution is 2.23. The Kier molecular flexibility index (Phi) is 5.09. The fraction of sp³-hybridized carbons (Fsp3) is 0.727. The molecule has 0 amide bonds. The highest BCUT2D eigenvalue weighted by molar-refractivity contribution is 6.63. The Bertz CT molecular complexity index is 310. The molecule has 0 saturated heterocycles. The van der Waals surface area contributed by atoms with Crippen molar-refractivity contribution in [1.82, 2.24) is 0 Å². The van der Waals surface area contributed by atoms with Crippen LogP contribution in [0.1, 0.15) is 32.6 Å². The number of hydrogen-bond donors (Lipinski definition) is 1. The molecular formula is C11H17NO5. The molecule has 0 radical (unpaired) electrons. The van der Waals surface area contributed by atoms with Gasteiger partial charge in [0.15, 0.2) is 11.9 Å². The molecule has 1 aliphatic carbocycles. The number of carboxylic acid groups (broad SMARTS) is 1. The largest absolute Gasteiger partial charge is 0.476 e. The van der Waals surface area contributed by atoms with Gasteiger partial charge in [-0.05, 0) is 19.3 Å². The van der Waals surface area contributed by atoms with Crippen LogP contribution < -0.4 is 0 Å². The zero-order valence-electron chi connectivity index (χ0n) is 10.0. The normalized spacial score (nSPS) is 25.4. The van der Waals surface area contributed by atoms with Gasteiger partial charge in [0, 0.05) is 14.0 Å². The minimum Gasteiger partial charge on any atom is -0.476 e. The van der Waals surface area contributed by atoms with Gasteiger partial charge in [-0.25, -0.2) is 4.79 Å². The molecule has 2 unspecified atom stereocenters. The lowest BCUT2D eigenvalue weighted by Gasteiger charge is -2.28. The molecule has 1 N–H and O–H groups in total. The number of oxime groups is 1. The number of carbonyl (C=O) groups excluding carboxylic acids is 1. The van der Waals surface area contributed by atoms with Crippen LogP contribution in [0, 0.1) is 0 Å². The van der Waals surface area contributed by atoms with E-state index in [0.717, 1.165) is 32.6 Å². The van der Waals surface area contributed by atoms with E-state index >= 15 is 0 Å². The van der Waals surface area contributed by atoms with Gasteiger partial charge in [0.25, 0.3) is 0 Å². The minimum absolute atomic E-state index is 0.0884. The summed E-state index contributed by atoms with van der Waals surface area (Å²) in [4.78, 5) is 26.8. The van der Waals surface area contributed by atoms with Crippen molar-refractivity contribution in [2.75, 3.05) is 7.11 Å². The highest BCUT2D eigenvalue weighted by Gasteiger charge is 2.27. The molecule has 2 atom stereocenters. The Hall–Kier alpha value is -1.43. The van der Waals surface area contributed by atoms with Gasteiger partial charge < -0.3 is 14.7 Å². The predicted octanol–water partition coefficient (Wildman–Crippen LogP) is 0.990. The zero-order valence-corrected chi connectivity index (χ0v) is 10.0. The van der Waals surface area contributed by atoms with Crippen LogP contribution in [0.15, 0.2) is 5.16 Å². The molecule has 96 valence electrons. The van der Waals surface area contributed by atoms with Crippen molar-refractivity contribution < 1.29 is 24.3 Å². The number of aliphatic carboxylic acids is 1. The van der Waals surface area contributed by atoms with Crippen molar-refractivity contribution >= 4 is 17.5 Å². The van der Waals surface area contributed by atoms with E-state index in [9.17, 15) is 9.59 Å². The van der Waals surface area contributed by atoms with Crippen LogP contribution >= 0.6 is 0 Å². The molecule has 0 heterocycles. The van der Waals surface area contributed by atoms with E-state index in [0.29, 0.717) is 0 Å². The Balaban J connectivity index is 2.65. The molecule has 0 aliphatic heterocycles. The standard InChI is InChI=1S/C11H17NO5/c1-7(13)10(11(14)15)12-17-9-6-4-3-5-8(9)16-2/h8-9H,3-6H2,1-2H3,(H,14,15)/b12-10+. The number of methoxy groups -OCH3 is 1. The summed E-state index contributed by atoms with van der Waals surface area (Å²) in [6.45, 7) is 1.14. The van der Waals surface area contributed by atoms with Crippen LogP contribution in [-0.2, 0) is 19.2 Å². The van der Waals surface area contributed by atoms with Gasteiger partial charge in [-0.1, -0.05) is 11.6 Å². The minimum atomic E-state index is -1.37. The van der Waals surface area contributed by atoms with Crippen molar-refractivity contribution in [3.8, 4) is 0 Å². The van der Waals surface area contributed by atoms with Gasteiger partial charge in [0.2, 0.25) is 5.71 Å². The maximum Gasteiger partial charge on any atom is 0.361 e. The predicted molar refractivity (Wildman–Crippen MR) is 59.9 cm³/mol. The van der Waals surface area contributed by atoms with Crippen LogP contribution in [0.5, 0.6) is 0 Å². The summed E-state index contributed by atoms with van der Waals surface area (Å²) in [5.41, 5.74) is -0.578. The SMILES string of the molecule is COC1CCCCC1O/N=C(\C(C)=O)C(=O)O. The van der Waals surface area contributed by atoms with Crippen molar-refractivity contribution in [2.45, 2.75) is 44.8 Å². The summed E-state index contributed by atoms with van der Waals surface area (Å²) < 4.78 is 5.23. The first-order chi connectivity index (χ1) is 8.06. The average Bonchev–Trinajstić information content (AvgIpc) is 2.29. The third-order valence-electron chi connectivity index (χ3n) is 2.76. The molecule has 0 aromatic heterocycles. The summed E-state index contributed by atoms with van der Waals surface area (Å²) in [5, 5.41) is 12.2. The number of ketones is 1. The zero-order chi connectivity index (χ0) is 12.8. The molecular weight excluding hydrogens is 226 g/mol. The first kappa shape index (κ1) is 13.6. The third-order valence-corrected chi connectivity index (χ3v) is 2.76. The second kappa shape index (κ2) is 6.34. The number of carboxylic acids is 1. The Morgan fingerprint density at radius 1 is 1.24 bits per heavy atom. The first-order valence-electron chi connectivity index (χ1n) is 5.57. The van der Waals surface area contributed by atoms with Crippen molar-refractivity contribution in [3.05, 3.63) is 0 Å². The van der Waals surface area contributed by atoms with Crippen LogP contribution in [0.25, 0.3) is 0 Å². The summed E-state index contributed by atoms with van der Waals surface area (Å²) >= 11 is 0. The molecule has 17 heavy (non-hydrogen) atoms. The van der Waals surface area contributed by atoms with Gasteiger partial charge in [0.05, 0.1) is 6.10 Å². The molecule has 0 aromatic carbocycles. The topological polar surface area (TPSA) is 85.2 Å². The summed E-state index contributed by atoms with van der Waals surface area (Å²) in [6.07, 6.45) is 3.30. The number of Topliss-reactive ketones (excluding diaryl/α,β-unsaturated/α-hetero) is 1. The van der Waals surface area contributed by atoms with E-state index in [-0.39, 0.29) is 12.2 Å². The van der Waals surface area contributed by atoms with Gasteiger partial charge >= 0.3 is 5.97 Å². The molecule has 1 rings (SSSR count). The van der Waals surface area contributed by atoms with Crippen molar-refractivity contribution in [3.63, 3.8) is 0 Å². The maximum atomic E-state index is 11.0. The summed E-state index contributed by atoms with van der Waals surface area (Å²) in [6, 6.07) is 0. The lowest BCUT2D eigenvalue weighted by atomic mass is 9.95. The Morgan fingerprint density at radius 2 is 1.82 bits per heavy atom. The summed E-state index contributed by atoms with van der Waals surface area (Å²) in [7, 11) is 1.58. The number of nitrogens with zero attached hydrogens (tertiary/aromatic N) is 1. The van der Waals surface area contributed by atoms with Crippen LogP contribution in [0.3, 0.4) is 0 Å². The average molecular weight is 243 g/mol. The fourth-order valence-corrected chi connectivity index (χ4v) is 1.83. The smallest absolute Gasteiger partial charge is 0.361 e. The van der Waals surface area contributed by atoms with Crippen LogP contribution in [-0.4, -0.2) is 41.9 Å². The van der Waals surface area contributed by atoms with Gasteiger partial charge in [-0.3, -0.25) is 4.79 Å². The molecule has 6 nitrogen and oxygen atoms in total. The van der Waals surface area contributed by atoms with Crippen molar-refractivity contribution in [2.24, 2.45) is 5.16 Å². The van der Waals surface area contributed by atoms with E-state index < -0.39 is 17.5 Å². The maximum absolute atomic E-state index is 11.0. The van der Waals surface area contributed by atoms with Crippen LogP contribution in [0.2, 0.25) is 0 Å². The van der Waals surface area contributed by atoms with Gasteiger partial charge in [-0.2, -0.15) is 0 Å². The molecule has 0 spiro atoms. The molecule has 1 fully saturated rings. The lowest BCUT2D eigenvalue weighted by molar-refractivity contribution is -0.131. The van der Waals surface area contributed by atoms with Gasteiger partial charge in [-0.15, -0.1) is 0 Å². The highest BCUT2D eigenvalue weighted by atomic mass is 16.7.